The van der Waals surface area contributed by atoms with Crippen LogP contribution >= 0.6 is 0 Å². The van der Waals surface area contributed by atoms with Crippen molar-refractivity contribution in [2.24, 2.45) is 5.41 Å². The summed E-state index contributed by atoms with van der Waals surface area (Å²) in [5, 5.41) is 22.4. The van der Waals surface area contributed by atoms with Gasteiger partial charge in [0.05, 0.1) is 0 Å². The van der Waals surface area contributed by atoms with Crippen LogP contribution in [0.3, 0.4) is 0 Å². The Morgan fingerprint density at radius 3 is 2.17 bits per heavy atom. The minimum Gasteiger partial charge on any atom is -0.444 e. The first-order chi connectivity index (χ1) is 16.0. The van der Waals surface area contributed by atoms with Crippen LogP contribution in [0.4, 0.5) is 4.79 Å². The fourth-order valence-corrected chi connectivity index (χ4v) is 4.39. The molecule has 6 nitrogen and oxygen atoms in total. The average Bonchev–Trinajstić information content (AvgIpc) is 2.73. The van der Waals surface area contributed by atoms with Crippen LogP contribution in [-0.2, 0) is 10.3 Å². The van der Waals surface area contributed by atoms with Gasteiger partial charge in [-0.25, -0.2) is 9.78 Å². The minimum absolute atomic E-state index is 0.331. The van der Waals surface area contributed by atoms with Crippen molar-refractivity contribution in [1.82, 2.24) is 9.88 Å². The number of amides is 1. The van der Waals surface area contributed by atoms with Crippen LogP contribution in [0.25, 0.3) is 0 Å². The molecule has 188 valence electrons. The molecule has 35 heavy (non-hydrogen) atoms. The first-order valence-corrected chi connectivity index (χ1v) is 12.1. The summed E-state index contributed by atoms with van der Waals surface area (Å²) in [4.78, 5) is 18.6. The summed E-state index contributed by atoms with van der Waals surface area (Å²) in [6.07, 6.45) is 1.23. The maximum absolute atomic E-state index is 12.7. The maximum atomic E-state index is 12.7. The Hall–Kier alpha value is -2.88. The van der Waals surface area contributed by atoms with E-state index in [-0.39, 0.29) is 6.09 Å². The second-order valence-electron chi connectivity index (χ2n) is 11.6. The highest BCUT2D eigenvalue weighted by atomic mass is 16.6. The van der Waals surface area contributed by atoms with E-state index in [9.17, 15) is 15.0 Å². The number of benzene rings is 1. The molecule has 0 radical (unpaired) electrons. The number of carbonyl (C=O) groups is 1. The number of aliphatic hydroxyl groups is 2. The van der Waals surface area contributed by atoms with Crippen molar-refractivity contribution in [3.05, 3.63) is 65.0 Å². The number of hydrogen-bond donors (Lipinski definition) is 2. The number of hydrogen-bond acceptors (Lipinski definition) is 5. The lowest BCUT2D eigenvalue weighted by Crippen LogP contribution is -2.66. The molecule has 1 aliphatic rings. The van der Waals surface area contributed by atoms with Crippen LogP contribution < -0.4 is 0 Å². The molecule has 0 aliphatic carbocycles. The van der Waals surface area contributed by atoms with E-state index < -0.39 is 22.2 Å². The SMILES string of the molecule is CC(C)c1ccc([C@](O)(c2ccnc(C#CC(C)(C)O)c2)C2(C)CN(C(=O)OC(C)(C)C)C2)cc1. The van der Waals surface area contributed by atoms with Gasteiger partial charge >= 0.3 is 6.09 Å². The van der Waals surface area contributed by atoms with Gasteiger partial charge in [0, 0.05) is 24.7 Å². The number of rotatable bonds is 4. The molecule has 1 atom stereocenters. The Bertz CT molecular complexity index is 1120. The van der Waals surface area contributed by atoms with Crippen molar-refractivity contribution >= 4 is 6.09 Å². The molecule has 1 aromatic carbocycles. The summed E-state index contributed by atoms with van der Waals surface area (Å²) >= 11 is 0. The van der Waals surface area contributed by atoms with E-state index in [1.807, 2.05) is 52.0 Å². The maximum Gasteiger partial charge on any atom is 0.410 e. The molecule has 1 fully saturated rings. The number of likely N-dealkylation sites (tertiary alicyclic amines) is 1. The number of nitrogens with zero attached hydrogens (tertiary/aromatic N) is 2. The second-order valence-corrected chi connectivity index (χ2v) is 11.6. The standard InChI is InChI=1S/C29H38N2O4/c1-20(2)21-9-11-22(12-10-21)29(34,23-14-16-30-24(17-23)13-15-27(6,7)33)28(8)18-31(19-28)25(32)35-26(3,4)5/h9-12,14,16-17,20,33-34H,18-19H2,1-8H3/t29-/m0/s1. The highest BCUT2D eigenvalue weighted by Gasteiger charge is 2.58. The van der Waals surface area contributed by atoms with Gasteiger partial charge in [-0.15, -0.1) is 0 Å². The third kappa shape index (κ3) is 5.86. The molecular weight excluding hydrogens is 440 g/mol. The van der Waals surface area contributed by atoms with E-state index in [4.69, 9.17) is 4.74 Å². The Balaban J connectivity index is 2.04. The molecule has 3 rings (SSSR count). The van der Waals surface area contributed by atoms with Crippen molar-refractivity contribution in [2.45, 2.75) is 78.1 Å². The van der Waals surface area contributed by atoms with Crippen molar-refractivity contribution in [1.29, 1.82) is 0 Å². The molecule has 1 aliphatic heterocycles. The largest absolute Gasteiger partial charge is 0.444 e. The third-order valence-electron chi connectivity index (χ3n) is 6.27. The molecule has 0 spiro atoms. The summed E-state index contributed by atoms with van der Waals surface area (Å²) in [6.45, 7) is 15.6. The second kappa shape index (κ2) is 9.29. The third-order valence-corrected chi connectivity index (χ3v) is 6.27. The molecule has 0 saturated carbocycles. The van der Waals surface area contributed by atoms with Crippen LogP contribution in [0.1, 0.15) is 83.7 Å². The normalized spacial score (nSPS) is 17.2. The van der Waals surface area contributed by atoms with Crippen LogP contribution in [0.5, 0.6) is 0 Å². The highest BCUT2D eigenvalue weighted by molar-refractivity contribution is 5.70. The Morgan fingerprint density at radius 1 is 1.06 bits per heavy atom. The molecule has 1 aromatic heterocycles. The van der Waals surface area contributed by atoms with Gasteiger partial charge in [0.1, 0.15) is 22.5 Å². The molecule has 1 amide bonds. The zero-order chi connectivity index (χ0) is 26.2. The Kier molecular flexibility index (Phi) is 7.09. The Labute approximate surface area is 209 Å². The number of pyridine rings is 1. The molecule has 2 aromatic rings. The summed E-state index contributed by atoms with van der Waals surface area (Å²) in [5.41, 5.74) is -0.831. The lowest BCUT2D eigenvalue weighted by Gasteiger charge is -2.56. The zero-order valence-corrected chi connectivity index (χ0v) is 22.1. The topological polar surface area (TPSA) is 82.9 Å². The fourth-order valence-electron chi connectivity index (χ4n) is 4.39. The number of carbonyl (C=O) groups excluding carboxylic acids is 1. The van der Waals surface area contributed by atoms with Gasteiger partial charge in [0.15, 0.2) is 0 Å². The molecule has 0 unspecified atom stereocenters. The van der Waals surface area contributed by atoms with Gasteiger partial charge < -0.3 is 19.8 Å². The van der Waals surface area contributed by atoms with Crippen LogP contribution in [0.15, 0.2) is 42.6 Å². The minimum atomic E-state index is -1.41. The van der Waals surface area contributed by atoms with Gasteiger partial charge in [0.2, 0.25) is 0 Å². The van der Waals surface area contributed by atoms with Crippen LogP contribution in [0.2, 0.25) is 0 Å². The summed E-state index contributed by atoms with van der Waals surface area (Å²) < 4.78 is 5.54. The van der Waals surface area contributed by atoms with Gasteiger partial charge in [-0.2, -0.15) is 0 Å². The lowest BCUT2D eigenvalue weighted by molar-refractivity contribution is -0.131. The summed E-state index contributed by atoms with van der Waals surface area (Å²) in [5.74, 6) is 6.05. The molecule has 6 heteroatoms. The van der Waals surface area contributed by atoms with E-state index in [0.29, 0.717) is 30.3 Å². The predicted molar refractivity (Wildman–Crippen MR) is 137 cm³/mol. The van der Waals surface area contributed by atoms with Crippen molar-refractivity contribution in [2.75, 3.05) is 13.1 Å². The van der Waals surface area contributed by atoms with Crippen LogP contribution in [-0.4, -0.2) is 50.5 Å². The van der Waals surface area contributed by atoms with Gasteiger partial charge in [-0.1, -0.05) is 51.0 Å². The van der Waals surface area contributed by atoms with Crippen LogP contribution in [0, 0.1) is 17.3 Å². The summed E-state index contributed by atoms with van der Waals surface area (Å²) in [6, 6.07) is 11.5. The molecule has 1 saturated heterocycles. The van der Waals surface area contributed by atoms with E-state index in [0.717, 1.165) is 5.56 Å². The number of ether oxygens (including phenoxy) is 1. The van der Waals surface area contributed by atoms with Crippen molar-refractivity contribution in [3.63, 3.8) is 0 Å². The first kappa shape index (κ1) is 26.7. The molecule has 0 bridgehead atoms. The number of aromatic nitrogens is 1. The average molecular weight is 479 g/mol. The van der Waals surface area contributed by atoms with E-state index in [2.05, 4.69) is 30.7 Å². The fraction of sp³-hybridized carbons (Fsp3) is 0.517. The monoisotopic (exact) mass is 478 g/mol. The van der Waals surface area contributed by atoms with Crippen molar-refractivity contribution in [3.8, 4) is 11.8 Å². The smallest absolute Gasteiger partial charge is 0.410 e. The zero-order valence-electron chi connectivity index (χ0n) is 22.1. The quantitative estimate of drug-likeness (QED) is 0.616. The molecule has 2 heterocycles. The van der Waals surface area contributed by atoms with Gasteiger partial charge in [-0.05, 0) is 75.3 Å². The van der Waals surface area contributed by atoms with Gasteiger partial charge in [0.25, 0.3) is 0 Å². The lowest BCUT2D eigenvalue weighted by atomic mass is 9.62. The Morgan fingerprint density at radius 2 is 1.66 bits per heavy atom. The van der Waals surface area contributed by atoms with E-state index >= 15 is 0 Å². The van der Waals surface area contributed by atoms with Gasteiger partial charge in [-0.3, -0.25) is 0 Å². The molecular formula is C29H38N2O4. The molecule has 2 N–H and O–H groups in total. The van der Waals surface area contributed by atoms with E-state index in [1.54, 1.807) is 37.1 Å². The van der Waals surface area contributed by atoms with E-state index in [1.165, 1.54) is 5.56 Å². The predicted octanol–water partition coefficient (Wildman–Crippen LogP) is 4.82. The summed E-state index contributed by atoms with van der Waals surface area (Å²) in [7, 11) is 0. The highest BCUT2D eigenvalue weighted by Crippen LogP contribution is 2.51. The van der Waals surface area contributed by atoms with Crippen molar-refractivity contribution < 1.29 is 19.7 Å². The first-order valence-electron chi connectivity index (χ1n) is 12.1.